The molecular formula is C14H14N6O2. The summed E-state index contributed by atoms with van der Waals surface area (Å²) in [6.45, 7) is 1.96. The quantitative estimate of drug-likeness (QED) is 0.835. The number of hydrogen-bond acceptors (Lipinski definition) is 5. The zero-order chi connectivity index (χ0) is 15.5. The molecule has 2 N–H and O–H groups in total. The summed E-state index contributed by atoms with van der Waals surface area (Å²) in [7, 11) is 0. The number of nitrogens with zero attached hydrogens (tertiary/aromatic N) is 4. The van der Waals surface area contributed by atoms with E-state index in [0.717, 1.165) is 5.69 Å². The summed E-state index contributed by atoms with van der Waals surface area (Å²) in [6, 6.07) is 5.48. The molecule has 0 bridgehead atoms. The number of pyridine rings is 1. The van der Waals surface area contributed by atoms with Gasteiger partial charge in [0.1, 0.15) is 6.54 Å². The van der Waals surface area contributed by atoms with E-state index in [1.54, 1.807) is 10.9 Å². The summed E-state index contributed by atoms with van der Waals surface area (Å²) in [5.41, 5.74) is 1.16. The third-order valence-electron chi connectivity index (χ3n) is 3.19. The van der Waals surface area contributed by atoms with E-state index in [0.29, 0.717) is 17.8 Å². The smallest absolute Gasteiger partial charge is 0.261 e. The van der Waals surface area contributed by atoms with Crippen molar-refractivity contribution < 1.29 is 9.59 Å². The van der Waals surface area contributed by atoms with Crippen molar-refractivity contribution in [2.75, 3.05) is 6.54 Å². The Morgan fingerprint density at radius 2 is 2.32 bits per heavy atom. The van der Waals surface area contributed by atoms with Crippen LogP contribution in [0.25, 0.3) is 5.82 Å². The van der Waals surface area contributed by atoms with E-state index in [1.807, 2.05) is 25.1 Å². The molecule has 8 heteroatoms. The largest absolute Gasteiger partial charge is 0.295 e. The van der Waals surface area contributed by atoms with Crippen LogP contribution in [0.1, 0.15) is 23.0 Å². The minimum absolute atomic E-state index is 0.0312. The van der Waals surface area contributed by atoms with Crippen LogP contribution in [0.4, 0.5) is 0 Å². The average molecular weight is 298 g/mol. The predicted molar refractivity (Wildman–Crippen MR) is 78.6 cm³/mol. The lowest BCUT2D eigenvalue weighted by atomic mass is 10.2. The number of carbonyl (C=O) groups excluding carboxylic acids is 2. The fourth-order valence-electron chi connectivity index (χ4n) is 2.19. The Labute approximate surface area is 126 Å². The van der Waals surface area contributed by atoms with E-state index in [-0.39, 0.29) is 24.3 Å². The van der Waals surface area contributed by atoms with Gasteiger partial charge in [-0.05, 0) is 18.6 Å². The molecule has 2 aromatic rings. The summed E-state index contributed by atoms with van der Waals surface area (Å²) in [5, 5.41) is 9.27. The van der Waals surface area contributed by atoms with Crippen molar-refractivity contribution in [3.8, 4) is 5.82 Å². The maximum absolute atomic E-state index is 12.3. The lowest BCUT2D eigenvalue weighted by molar-refractivity contribution is -0.117. The third kappa shape index (κ3) is 2.58. The number of carbonyl (C=O) groups is 2. The first-order valence-corrected chi connectivity index (χ1v) is 6.83. The van der Waals surface area contributed by atoms with Gasteiger partial charge in [0, 0.05) is 6.20 Å². The van der Waals surface area contributed by atoms with Crippen molar-refractivity contribution >= 4 is 17.8 Å². The Morgan fingerprint density at radius 3 is 2.95 bits per heavy atom. The number of guanidine groups is 1. The SMILES string of the molecule is CCc1c(C(=O)NC2=NCC(=O)N2)cnn1-c1ccccn1. The van der Waals surface area contributed by atoms with E-state index in [1.165, 1.54) is 6.20 Å². The van der Waals surface area contributed by atoms with Gasteiger partial charge in [-0.2, -0.15) is 5.10 Å². The molecule has 2 aromatic heterocycles. The van der Waals surface area contributed by atoms with Gasteiger partial charge >= 0.3 is 0 Å². The number of amides is 2. The topological polar surface area (TPSA) is 101 Å². The normalized spacial score (nSPS) is 13.7. The average Bonchev–Trinajstić information content (AvgIpc) is 3.14. The predicted octanol–water partition coefficient (Wildman–Crippen LogP) is 0.0453. The Morgan fingerprint density at radius 1 is 1.45 bits per heavy atom. The molecule has 22 heavy (non-hydrogen) atoms. The summed E-state index contributed by atoms with van der Waals surface area (Å²) < 4.78 is 1.63. The summed E-state index contributed by atoms with van der Waals surface area (Å²) >= 11 is 0. The van der Waals surface area contributed by atoms with Crippen LogP contribution >= 0.6 is 0 Å². The molecule has 1 aliphatic heterocycles. The molecule has 0 saturated carbocycles. The number of aliphatic imine (C=N–C) groups is 1. The zero-order valence-electron chi connectivity index (χ0n) is 11.9. The second kappa shape index (κ2) is 5.76. The lowest BCUT2D eigenvalue weighted by Gasteiger charge is -2.07. The highest BCUT2D eigenvalue weighted by Crippen LogP contribution is 2.14. The van der Waals surface area contributed by atoms with Crippen LogP contribution in [-0.4, -0.2) is 39.1 Å². The molecule has 8 nitrogen and oxygen atoms in total. The number of hydrogen-bond donors (Lipinski definition) is 2. The van der Waals surface area contributed by atoms with Crippen molar-refractivity contribution in [2.24, 2.45) is 4.99 Å². The summed E-state index contributed by atoms with van der Waals surface area (Å²) in [4.78, 5) is 31.5. The van der Waals surface area contributed by atoms with Crippen molar-refractivity contribution in [1.82, 2.24) is 25.4 Å². The standard InChI is InChI=1S/C14H14N6O2/c1-2-10-9(13(22)19-14-16-8-12(21)18-14)7-17-20(10)11-5-3-4-6-15-11/h3-7H,2,8H2,1H3,(H2,16,18,19,21,22). The molecule has 3 rings (SSSR count). The molecule has 3 heterocycles. The molecule has 1 aliphatic rings. The van der Waals surface area contributed by atoms with Crippen LogP contribution in [0.5, 0.6) is 0 Å². The van der Waals surface area contributed by atoms with Crippen LogP contribution in [0.2, 0.25) is 0 Å². The molecule has 0 radical (unpaired) electrons. The molecule has 0 aromatic carbocycles. The second-order valence-corrected chi connectivity index (χ2v) is 4.63. The van der Waals surface area contributed by atoms with Gasteiger partial charge in [0.05, 0.1) is 17.5 Å². The molecule has 2 amide bonds. The molecule has 0 atom stereocenters. The first-order valence-electron chi connectivity index (χ1n) is 6.83. The molecule has 0 saturated heterocycles. The Kier molecular flexibility index (Phi) is 3.65. The first kappa shape index (κ1) is 13.9. The van der Waals surface area contributed by atoms with E-state index < -0.39 is 0 Å². The monoisotopic (exact) mass is 298 g/mol. The van der Waals surface area contributed by atoms with Crippen LogP contribution in [0, 0.1) is 0 Å². The summed E-state index contributed by atoms with van der Waals surface area (Å²) in [6.07, 6.45) is 3.76. The molecule has 0 aliphatic carbocycles. The highest BCUT2D eigenvalue weighted by molar-refractivity contribution is 6.12. The zero-order valence-corrected chi connectivity index (χ0v) is 11.9. The van der Waals surface area contributed by atoms with E-state index in [4.69, 9.17) is 0 Å². The molecule has 112 valence electrons. The van der Waals surface area contributed by atoms with Gasteiger partial charge in [-0.1, -0.05) is 13.0 Å². The minimum atomic E-state index is -0.361. The van der Waals surface area contributed by atoms with Gasteiger partial charge in [0.2, 0.25) is 11.9 Å². The third-order valence-corrected chi connectivity index (χ3v) is 3.19. The molecule has 0 fully saturated rings. The van der Waals surface area contributed by atoms with Crippen LogP contribution in [0.15, 0.2) is 35.6 Å². The minimum Gasteiger partial charge on any atom is -0.295 e. The molecule has 0 unspecified atom stereocenters. The molecular weight excluding hydrogens is 284 g/mol. The van der Waals surface area contributed by atoms with Crippen molar-refractivity contribution in [2.45, 2.75) is 13.3 Å². The number of rotatable bonds is 3. The maximum atomic E-state index is 12.3. The van der Waals surface area contributed by atoms with Gasteiger partial charge in [0.25, 0.3) is 5.91 Å². The van der Waals surface area contributed by atoms with Crippen molar-refractivity contribution in [3.63, 3.8) is 0 Å². The maximum Gasteiger partial charge on any atom is 0.261 e. The van der Waals surface area contributed by atoms with E-state index in [2.05, 4.69) is 25.7 Å². The van der Waals surface area contributed by atoms with Gasteiger partial charge in [-0.3, -0.25) is 20.2 Å². The second-order valence-electron chi connectivity index (χ2n) is 4.63. The van der Waals surface area contributed by atoms with Crippen LogP contribution in [-0.2, 0) is 11.2 Å². The summed E-state index contributed by atoms with van der Waals surface area (Å²) in [5.74, 6) is 0.211. The van der Waals surface area contributed by atoms with Gasteiger partial charge < -0.3 is 0 Å². The van der Waals surface area contributed by atoms with Crippen molar-refractivity contribution in [1.29, 1.82) is 0 Å². The first-order chi connectivity index (χ1) is 10.7. The number of nitrogens with one attached hydrogen (secondary N) is 2. The number of aromatic nitrogens is 3. The van der Waals surface area contributed by atoms with E-state index in [9.17, 15) is 9.59 Å². The highest BCUT2D eigenvalue weighted by atomic mass is 16.2. The van der Waals surface area contributed by atoms with Crippen molar-refractivity contribution in [3.05, 3.63) is 41.9 Å². The Bertz CT molecular complexity index is 750. The van der Waals surface area contributed by atoms with Crippen LogP contribution in [0.3, 0.4) is 0 Å². The Hall–Kier alpha value is -3.03. The van der Waals surface area contributed by atoms with Gasteiger partial charge in [-0.15, -0.1) is 0 Å². The van der Waals surface area contributed by atoms with Gasteiger partial charge in [-0.25, -0.2) is 14.7 Å². The molecule has 0 spiro atoms. The highest BCUT2D eigenvalue weighted by Gasteiger charge is 2.21. The lowest BCUT2D eigenvalue weighted by Crippen LogP contribution is -2.40. The van der Waals surface area contributed by atoms with Gasteiger partial charge in [0.15, 0.2) is 5.82 Å². The van der Waals surface area contributed by atoms with Crippen LogP contribution < -0.4 is 10.6 Å². The van der Waals surface area contributed by atoms with E-state index >= 15 is 0 Å². The fraction of sp³-hybridized carbons (Fsp3) is 0.214. The Balaban J connectivity index is 1.87. The fourth-order valence-corrected chi connectivity index (χ4v) is 2.19.